The number of hydrogen-bond acceptors (Lipinski definition) is 2. The van der Waals surface area contributed by atoms with Gasteiger partial charge in [-0.2, -0.15) is 0 Å². The van der Waals surface area contributed by atoms with Crippen LogP contribution in [0.3, 0.4) is 0 Å². The molecule has 19 heavy (non-hydrogen) atoms. The number of aliphatic hydroxyl groups excluding tert-OH is 1. The summed E-state index contributed by atoms with van der Waals surface area (Å²) in [6.07, 6.45) is 8.98. The van der Waals surface area contributed by atoms with Crippen molar-refractivity contribution in [3.05, 3.63) is 42.1 Å². The van der Waals surface area contributed by atoms with Crippen LogP contribution in [0.1, 0.15) is 50.2 Å². The quantitative estimate of drug-likeness (QED) is 0.814. The normalized spacial score (nSPS) is 19.2. The van der Waals surface area contributed by atoms with E-state index in [4.69, 9.17) is 0 Å². The van der Waals surface area contributed by atoms with Crippen LogP contribution in [-0.4, -0.2) is 10.1 Å². The fraction of sp³-hybridized carbons (Fsp3) is 0.471. The molecule has 1 saturated carbocycles. The Morgan fingerprint density at radius 2 is 1.84 bits per heavy atom. The van der Waals surface area contributed by atoms with Crippen molar-refractivity contribution in [2.45, 2.75) is 44.6 Å². The minimum absolute atomic E-state index is 0.317. The minimum atomic E-state index is -0.317. The van der Waals surface area contributed by atoms with E-state index in [1.165, 1.54) is 25.7 Å². The third kappa shape index (κ3) is 2.79. The monoisotopic (exact) mass is 255 g/mol. The Labute approximate surface area is 114 Å². The molecule has 2 heteroatoms. The fourth-order valence-electron chi connectivity index (χ4n) is 3.18. The lowest BCUT2D eigenvalue weighted by molar-refractivity contribution is 0.0989. The summed E-state index contributed by atoms with van der Waals surface area (Å²) in [5, 5.41) is 11.7. The molecule has 1 fully saturated rings. The maximum Gasteiger partial charge on any atom is 0.0818 e. The van der Waals surface area contributed by atoms with E-state index < -0.39 is 0 Å². The van der Waals surface area contributed by atoms with Crippen LogP contribution < -0.4 is 0 Å². The van der Waals surface area contributed by atoms with E-state index >= 15 is 0 Å². The predicted octanol–water partition coefficient (Wildman–Crippen LogP) is 4.24. The van der Waals surface area contributed by atoms with Gasteiger partial charge in [-0.05, 0) is 42.5 Å². The van der Waals surface area contributed by atoms with Gasteiger partial charge >= 0.3 is 0 Å². The van der Waals surface area contributed by atoms with E-state index in [2.05, 4.69) is 17.1 Å². The first-order valence-corrected chi connectivity index (χ1v) is 7.37. The second-order valence-electron chi connectivity index (χ2n) is 5.65. The number of hydrogen-bond donors (Lipinski definition) is 1. The Morgan fingerprint density at radius 3 is 2.63 bits per heavy atom. The summed E-state index contributed by atoms with van der Waals surface area (Å²) in [6, 6.07) is 10.2. The molecule has 1 atom stereocenters. The van der Waals surface area contributed by atoms with E-state index in [1.54, 1.807) is 0 Å². The number of aromatic nitrogens is 1. The van der Waals surface area contributed by atoms with Crippen LogP contribution in [0, 0.1) is 5.92 Å². The lowest BCUT2D eigenvalue weighted by Gasteiger charge is -2.21. The molecular weight excluding hydrogens is 234 g/mol. The van der Waals surface area contributed by atoms with E-state index in [9.17, 15) is 5.11 Å². The summed E-state index contributed by atoms with van der Waals surface area (Å²) < 4.78 is 0. The second-order valence-corrected chi connectivity index (χ2v) is 5.65. The zero-order valence-electron chi connectivity index (χ0n) is 11.3. The number of rotatable bonds is 2. The van der Waals surface area contributed by atoms with Crippen molar-refractivity contribution in [2.24, 2.45) is 5.92 Å². The van der Waals surface area contributed by atoms with Crippen molar-refractivity contribution in [1.29, 1.82) is 0 Å². The van der Waals surface area contributed by atoms with Gasteiger partial charge in [0.25, 0.3) is 0 Å². The highest BCUT2D eigenvalue weighted by Crippen LogP contribution is 2.34. The maximum absolute atomic E-state index is 10.6. The molecule has 0 saturated heterocycles. The average Bonchev–Trinajstić information content (AvgIpc) is 2.75. The smallest absolute Gasteiger partial charge is 0.0818 e. The summed E-state index contributed by atoms with van der Waals surface area (Å²) in [5.41, 5.74) is 2.05. The van der Waals surface area contributed by atoms with E-state index in [-0.39, 0.29) is 6.10 Å². The van der Waals surface area contributed by atoms with Gasteiger partial charge in [-0.25, -0.2) is 0 Å². The molecule has 0 bridgehead atoms. The molecular formula is C17H21NO. The SMILES string of the molecule is OC(c1ccc2ncccc2c1)C1CCCCCC1. The molecule has 1 aliphatic carbocycles. The Hall–Kier alpha value is -1.41. The van der Waals surface area contributed by atoms with Crippen LogP contribution in [0.4, 0.5) is 0 Å². The fourth-order valence-corrected chi connectivity index (χ4v) is 3.18. The van der Waals surface area contributed by atoms with Crippen LogP contribution >= 0.6 is 0 Å². The van der Waals surface area contributed by atoms with Crippen molar-refractivity contribution < 1.29 is 5.11 Å². The van der Waals surface area contributed by atoms with E-state index in [1.807, 2.05) is 24.4 Å². The zero-order chi connectivity index (χ0) is 13.1. The number of nitrogens with zero attached hydrogens (tertiary/aromatic N) is 1. The van der Waals surface area contributed by atoms with Gasteiger partial charge in [-0.3, -0.25) is 4.98 Å². The Morgan fingerprint density at radius 1 is 1.05 bits per heavy atom. The molecule has 0 aliphatic heterocycles. The average molecular weight is 255 g/mol. The van der Waals surface area contributed by atoms with Gasteiger partial charge in [0.1, 0.15) is 0 Å². The third-order valence-corrected chi connectivity index (χ3v) is 4.31. The lowest BCUT2D eigenvalue weighted by atomic mass is 9.89. The van der Waals surface area contributed by atoms with Crippen LogP contribution in [0.15, 0.2) is 36.5 Å². The zero-order valence-corrected chi connectivity index (χ0v) is 11.3. The minimum Gasteiger partial charge on any atom is -0.388 e. The topological polar surface area (TPSA) is 33.1 Å². The Bertz CT molecular complexity index is 544. The van der Waals surface area contributed by atoms with Crippen LogP contribution in [-0.2, 0) is 0 Å². The molecule has 1 aromatic heterocycles. The first-order valence-electron chi connectivity index (χ1n) is 7.37. The Kier molecular flexibility index (Phi) is 3.79. The maximum atomic E-state index is 10.6. The number of benzene rings is 1. The van der Waals surface area contributed by atoms with Crippen molar-refractivity contribution >= 4 is 10.9 Å². The summed E-state index contributed by atoms with van der Waals surface area (Å²) in [7, 11) is 0. The van der Waals surface area contributed by atoms with Gasteiger partial charge in [0.05, 0.1) is 11.6 Å². The highest BCUT2D eigenvalue weighted by atomic mass is 16.3. The van der Waals surface area contributed by atoms with Gasteiger partial charge in [0.2, 0.25) is 0 Å². The molecule has 0 spiro atoms. The Balaban J connectivity index is 1.85. The largest absolute Gasteiger partial charge is 0.388 e. The van der Waals surface area contributed by atoms with Crippen molar-refractivity contribution in [1.82, 2.24) is 4.98 Å². The standard InChI is InChI=1S/C17H21NO/c19-17(13-6-3-1-2-4-7-13)15-9-10-16-14(12-15)8-5-11-18-16/h5,8-13,17,19H,1-4,6-7H2. The van der Waals surface area contributed by atoms with Gasteiger partial charge < -0.3 is 5.11 Å². The number of fused-ring (bicyclic) bond motifs is 1. The molecule has 100 valence electrons. The summed E-state index contributed by atoms with van der Waals surface area (Å²) in [5.74, 6) is 0.427. The van der Waals surface area contributed by atoms with Crippen LogP contribution in [0.2, 0.25) is 0 Å². The van der Waals surface area contributed by atoms with E-state index in [0.717, 1.165) is 29.3 Å². The molecule has 1 aromatic carbocycles. The first-order chi connectivity index (χ1) is 9.34. The van der Waals surface area contributed by atoms with Crippen molar-refractivity contribution in [3.8, 4) is 0 Å². The molecule has 2 nitrogen and oxygen atoms in total. The summed E-state index contributed by atoms with van der Waals surface area (Å²) in [4.78, 5) is 4.33. The highest BCUT2D eigenvalue weighted by Gasteiger charge is 2.22. The molecule has 2 aromatic rings. The number of pyridine rings is 1. The summed E-state index contributed by atoms with van der Waals surface area (Å²) in [6.45, 7) is 0. The predicted molar refractivity (Wildman–Crippen MR) is 77.9 cm³/mol. The van der Waals surface area contributed by atoms with Gasteiger partial charge in [-0.1, -0.05) is 37.8 Å². The van der Waals surface area contributed by atoms with Crippen molar-refractivity contribution in [3.63, 3.8) is 0 Å². The van der Waals surface area contributed by atoms with Crippen LogP contribution in [0.5, 0.6) is 0 Å². The summed E-state index contributed by atoms with van der Waals surface area (Å²) >= 11 is 0. The van der Waals surface area contributed by atoms with Gasteiger partial charge in [-0.15, -0.1) is 0 Å². The second kappa shape index (κ2) is 5.70. The van der Waals surface area contributed by atoms with Crippen LogP contribution in [0.25, 0.3) is 10.9 Å². The highest BCUT2D eigenvalue weighted by molar-refractivity contribution is 5.79. The lowest BCUT2D eigenvalue weighted by Crippen LogP contribution is -2.11. The van der Waals surface area contributed by atoms with Crippen molar-refractivity contribution in [2.75, 3.05) is 0 Å². The molecule has 1 unspecified atom stereocenters. The number of aliphatic hydroxyl groups is 1. The van der Waals surface area contributed by atoms with Gasteiger partial charge in [0.15, 0.2) is 0 Å². The molecule has 0 radical (unpaired) electrons. The molecule has 0 amide bonds. The first kappa shape index (κ1) is 12.6. The molecule has 1 aliphatic rings. The van der Waals surface area contributed by atoms with E-state index in [0.29, 0.717) is 5.92 Å². The third-order valence-electron chi connectivity index (χ3n) is 4.31. The molecule has 3 rings (SSSR count). The van der Waals surface area contributed by atoms with Gasteiger partial charge in [0, 0.05) is 11.6 Å². The molecule has 1 heterocycles. The molecule has 1 N–H and O–H groups in total.